The molecule has 1 fully saturated rings. The van der Waals surface area contributed by atoms with Crippen LogP contribution >= 0.6 is 0 Å². The normalized spacial score (nSPS) is 19.7. The van der Waals surface area contributed by atoms with Crippen LogP contribution in [0.25, 0.3) is 22.1 Å². The molecule has 116 valence electrons. The van der Waals surface area contributed by atoms with E-state index < -0.39 is 0 Å². The van der Waals surface area contributed by atoms with Gasteiger partial charge in [0.05, 0.1) is 18.9 Å². The highest BCUT2D eigenvalue weighted by Gasteiger charge is 2.30. The third-order valence-corrected chi connectivity index (χ3v) is 4.60. The second kappa shape index (κ2) is 5.28. The van der Waals surface area contributed by atoms with E-state index in [1.165, 1.54) is 6.42 Å². The van der Waals surface area contributed by atoms with Crippen LogP contribution in [0, 0.1) is 0 Å². The van der Waals surface area contributed by atoms with Crippen LogP contribution in [0.3, 0.4) is 0 Å². The van der Waals surface area contributed by atoms with Gasteiger partial charge in [-0.1, -0.05) is 13.8 Å². The standard InChI is InChI=1S/C16H22N6/c1-3-7-20-9-12(4-2)22(11-20)21-10-19-14-8-18-16-13(15(14)21)5-6-17-16/h5-6,8,10,12H,3-4,7,9,11H2,1-2H3,(H,17,18). The first-order valence-electron chi connectivity index (χ1n) is 8.10. The monoisotopic (exact) mass is 298 g/mol. The highest BCUT2D eigenvalue weighted by molar-refractivity contribution is 6.01. The van der Waals surface area contributed by atoms with Crippen LogP contribution in [0.5, 0.6) is 0 Å². The number of hydrogen-bond donors (Lipinski definition) is 1. The molecule has 1 atom stereocenters. The largest absolute Gasteiger partial charge is 0.346 e. The minimum atomic E-state index is 0.533. The van der Waals surface area contributed by atoms with Gasteiger partial charge in [-0.3, -0.25) is 9.91 Å². The fraction of sp³-hybridized carbons (Fsp3) is 0.500. The molecule has 0 aliphatic carbocycles. The molecule has 3 aromatic rings. The van der Waals surface area contributed by atoms with Crippen molar-refractivity contribution < 1.29 is 0 Å². The number of imidazole rings is 1. The molecule has 0 bridgehead atoms. The van der Waals surface area contributed by atoms with E-state index in [9.17, 15) is 0 Å². The van der Waals surface area contributed by atoms with Crippen molar-refractivity contribution in [3.63, 3.8) is 0 Å². The van der Waals surface area contributed by atoms with Gasteiger partial charge in [-0.2, -0.15) is 0 Å². The zero-order chi connectivity index (χ0) is 15.1. The van der Waals surface area contributed by atoms with Crippen molar-refractivity contribution in [2.45, 2.75) is 32.7 Å². The van der Waals surface area contributed by atoms with Crippen LogP contribution in [0.4, 0.5) is 0 Å². The number of H-pyrrole nitrogens is 1. The molecule has 0 saturated carbocycles. The zero-order valence-corrected chi connectivity index (χ0v) is 13.2. The van der Waals surface area contributed by atoms with Gasteiger partial charge in [-0.25, -0.2) is 14.6 Å². The molecule has 0 aromatic carbocycles. The molecule has 4 rings (SSSR count). The van der Waals surface area contributed by atoms with Gasteiger partial charge in [0.2, 0.25) is 0 Å². The Balaban J connectivity index is 1.81. The molecule has 1 N–H and O–H groups in total. The average Bonchev–Trinajstić information content (AvgIpc) is 3.23. The molecule has 1 aliphatic rings. The van der Waals surface area contributed by atoms with E-state index in [4.69, 9.17) is 0 Å². The maximum atomic E-state index is 4.56. The number of aromatic nitrogens is 4. The predicted molar refractivity (Wildman–Crippen MR) is 88.4 cm³/mol. The molecule has 1 unspecified atom stereocenters. The number of hydrogen-bond acceptors (Lipinski definition) is 4. The molecule has 0 radical (unpaired) electrons. The highest BCUT2D eigenvalue weighted by atomic mass is 15.6. The molecular formula is C16H22N6. The summed E-state index contributed by atoms with van der Waals surface area (Å²) in [5, 5.41) is 3.58. The maximum Gasteiger partial charge on any atom is 0.139 e. The van der Waals surface area contributed by atoms with E-state index in [1.807, 2.05) is 18.7 Å². The van der Waals surface area contributed by atoms with Gasteiger partial charge in [0, 0.05) is 18.1 Å². The third-order valence-electron chi connectivity index (χ3n) is 4.60. The predicted octanol–water partition coefficient (Wildman–Crippen LogP) is 2.31. The van der Waals surface area contributed by atoms with Crippen LogP contribution in [0.2, 0.25) is 0 Å². The number of rotatable bonds is 4. The van der Waals surface area contributed by atoms with Crippen molar-refractivity contribution in [2.75, 3.05) is 24.8 Å². The number of pyridine rings is 1. The molecule has 6 heteroatoms. The maximum absolute atomic E-state index is 4.56. The second-order valence-electron chi connectivity index (χ2n) is 6.04. The molecule has 1 saturated heterocycles. The summed E-state index contributed by atoms with van der Waals surface area (Å²) in [4.78, 5) is 14.7. The SMILES string of the molecule is CCCN1CC(CC)N(n2cnc3cnc4[nH]ccc4c32)C1. The van der Waals surface area contributed by atoms with E-state index in [0.717, 1.165) is 48.2 Å². The molecule has 6 nitrogen and oxygen atoms in total. The molecule has 0 spiro atoms. The van der Waals surface area contributed by atoms with Crippen molar-refractivity contribution in [1.29, 1.82) is 0 Å². The fourth-order valence-electron chi connectivity index (χ4n) is 3.52. The van der Waals surface area contributed by atoms with Crippen molar-refractivity contribution in [1.82, 2.24) is 24.5 Å². The third kappa shape index (κ3) is 1.98. The van der Waals surface area contributed by atoms with Crippen molar-refractivity contribution in [3.8, 4) is 0 Å². The Morgan fingerprint density at radius 1 is 1.32 bits per heavy atom. The lowest BCUT2D eigenvalue weighted by Crippen LogP contribution is -2.39. The molecule has 3 aromatic heterocycles. The van der Waals surface area contributed by atoms with Crippen LogP contribution in [0.1, 0.15) is 26.7 Å². The summed E-state index contributed by atoms with van der Waals surface area (Å²) in [6.07, 6.45) is 8.07. The Labute approximate surface area is 129 Å². The van der Waals surface area contributed by atoms with E-state index in [-0.39, 0.29) is 0 Å². The molecule has 4 heterocycles. The lowest BCUT2D eigenvalue weighted by Gasteiger charge is -2.26. The minimum absolute atomic E-state index is 0.533. The Bertz CT molecular complexity index is 788. The van der Waals surface area contributed by atoms with Crippen molar-refractivity contribution in [3.05, 3.63) is 24.8 Å². The fourth-order valence-corrected chi connectivity index (χ4v) is 3.52. The summed E-state index contributed by atoms with van der Waals surface area (Å²) < 4.78 is 2.23. The second-order valence-corrected chi connectivity index (χ2v) is 6.04. The summed E-state index contributed by atoms with van der Waals surface area (Å²) in [7, 11) is 0. The number of nitrogens with one attached hydrogen (secondary N) is 1. The minimum Gasteiger partial charge on any atom is -0.346 e. The Hall–Kier alpha value is -2.08. The first-order valence-corrected chi connectivity index (χ1v) is 8.10. The van der Waals surface area contributed by atoms with Gasteiger partial charge in [-0.05, 0) is 25.5 Å². The number of fused-ring (bicyclic) bond motifs is 3. The van der Waals surface area contributed by atoms with E-state index in [0.29, 0.717) is 6.04 Å². The summed E-state index contributed by atoms with van der Waals surface area (Å²) in [6, 6.07) is 2.62. The Morgan fingerprint density at radius 3 is 3.05 bits per heavy atom. The summed E-state index contributed by atoms with van der Waals surface area (Å²) in [5.74, 6) is 0. The smallest absolute Gasteiger partial charge is 0.139 e. The van der Waals surface area contributed by atoms with Crippen LogP contribution in [-0.4, -0.2) is 50.3 Å². The molecule has 22 heavy (non-hydrogen) atoms. The van der Waals surface area contributed by atoms with E-state index in [1.54, 1.807) is 0 Å². The topological polar surface area (TPSA) is 53.0 Å². The van der Waals surface area contributed by atoms with Gasteiger partial charge in [-0.15, -0.1) is 0 Å². The number of aromatic amines is 1. The molecule has 1 aliphatic heterocycles. The summed E-state index contributed by atoms with van der Waals surface area (Å²) >= 11 is 0. The first kappa shape index (κ1) is 13.6. The average molecular weight is 298 g/mol. The van der Waals surface area contributed by atoms with E-state index >= 15 is 0 Å². The van der Waals surface area contributed by atoms with E-state index in [2.05, 4.69) is 49.5 Å². The lowest BCUT2D eigenvalue weighted by molar-refractivity contribution is 0.330. The Morgan fingerprint density at radius 2 is 2.23 bits per heavy atom. The highest BCUT2D eigenvalue weighted by Crippen LogP contribution is 2.25. The quantitative estimate of drug-likeness (QED) is 0.803. The summed E-state index contributed by atoms with van der Waals surface area (Å²) in [5.41, 5.74) is 3.03. The van der Waals surface area contributed by atoms with Crippen LogP contribution < -0.4 is 5.01 Å². The van der Waals surface area contributed by atoms with Crippen molar-refractivity contribution in [2.24, 2.45) is 0 Å². The lowest BCUT2D eigenvalue weighted by atomic mass is 10.2. The van der Waals surface area contributed by atoms with Crippen LogP contribution in [0.15, 0.2) is 24.8 Å². The van der Waals surface area contributed by atoms with Gasteiger partial charge in [0.15, 0.2) is 0 Å². The van der Waals surface area contributed by atoms with Gasteiger partial charge >= 0.3 is 0 Å². The van der Waals surface area contributed by atoms with Gasteiger partial charge < -0.3 is 4.98 Å². The summed E-state index contributed by atoms with van der Waals surface area (Å²) in [6.45, 7) is 7.75. The zero-order valence-electron chi connectivity index (χ0n) is 13.2. The molecular weight excluding hydrogens is 276 g/mol. The first-order chi connectivity index (χ1) is 10.8. The van der Waals surface area contributed by atoms with Gasteiger partial charge in [0.25, 0.3) is 0 Å². The Kier molecular flexibility index (Phi) is 3.26. The van der Waals surface area contributed by atoms with Crippen molar-refractivity contribution >= 4 is 22.1 Å². The van der Waals surface area contributed by atoms with Gasteiger partial charge in [0.1, 0.15) is 23.0 Å². The van der Waals surface area contributed by atoms with Crippen LogP contribution in [-0.2, 0) is 0 Å². The number of nitrogens with zero attached hydrogens (tertiary/aromatic N) is 5. The molecule has 0 amide bonds.